The first-order chi connectivity index (χ1) is 12.0. The Bertz CT molecular complexity index is 386. The first-order valence-electron chi connectivity index (χ1n) is 8.72. The first kappa shape index (κ1) is 23.0. The van der Waals surface area contributed by atoms with Crippen molar-refractivity contribution in [3.8, 4) is 0 Å². The number of ether oxygens (including phenoxy) is 1. The molecule has 25 heavy (non-hydrogen) atoms. The van der Waals surface area contributed by atoms with E-state index in [1.165, 1.54) is 25.0 Å². The Kier molecular flexibility index (Phi) is 12.1. The summed E-state index contributed by atoms with van der Waals surface area (Å²) in [6, 6.07) is 0. The third kappa shape index (κ3) is 8.03. The Morgan fingerprint density at radius 2 is 1.60 bits per heavy atom. The lowest BCUT2D eigenvalue weighted by Crippen LogP contribution is -2.57. The fraction of sp³-hybridized carbons (Fsp3) is 0.938. The highest BCUT2D eigenvalue weighted by atomic mass is 32.2. The van der Waals surface area contributed by atoms with Gasteiger partial charge in [0.1, 0.15) is 34.9 Å². The predicted octanol–water partition coefficient (Wildman–Crippen LogP) is 1.40. The lowest BCUT2D eigenvalue weighted by atomic mass is 10.0. The summed E-state index contributed by atoms with van der Waals surface area (Å²) in [5, 5.41) is 51.5. The van der Waals surface area contributed by atoms with Crippen molar-refractivity contribution in [1.82, 2.24) is 0 Å². The number of hydrogen-bond donors (Lipinski definition) is 5. The number of unbranched alkanes of at least 4 members (excludes halogenated alkanes) is 5. The lowest BCUT2D eigenvalue weighted by Gasteiger charge is -2.39. The quantitative estimate of drug-likeness (QED) is 0.117. The second kappa shape index (κ2) is 13.2. The summed E-state index contributed by atoms with van der Waals surface area (Å²) in [6.07, 6.45) is 4.34. The van der Waals surface area contributed by atoms with Gasteiger partial charge in [0.15, 0.2) is 0 Å². The van der Waals surface area contributed by atoms with Crippen LogP contribution in [0.4, 0.5) is 0 Å². The van der Waals surface area contributed by atoms with Gasteiger partial charge >= 0.3 is 0 Å². The van der Waals surface area contributed by atoms with Crippen molar-refractivity contribution in [2.75, 3.05) is 18.6 Å². The Morgan fingerprint density at radius 3 is 2.20 bits per heavy atom. The molecule has 0 saturated carbocycles. The number of aliphatic hydroxyl groups is 4. The van der Waals surface area contributed by atoms with E-state index >= 15 is 0 Å². The maximum Gasteiger partial charge on any atom is 0.138 e. The summed E-state index contributed by atoms with van der Waals surface area (Å²) < 4.78 is 5.40. The van der Waals surface area contributed by atoms with E-state index in [1.807, 2.05) is 11.8 Å². The monoisotopic (exact) mass is 397 g/mol. The zero-order valence-electron chi connectivity index (χ0n) is 14.7. The van der Waals surface area contributed by atoms with E-state index < -0.39 is 36.5 Å². The molecule has 0 aromatic rings. The van der Waals surface area contributed by atoms with Gasteiger partial charge in [-0.05, 0) is 31.3 Å². The largest absolute Gasteiger partial charge is 0.410 e. The van der Waals surface area contributed by atoms with Crippen molar-refractivity contribution in [1.29, 1.82) is 0 Å². The smallest absolute Gasteiger partial charge is 0.138 e. The maximum atomic E-state index is 10.0. The summed E-state index contributed by atoms with van der Waals surface area (Å²) in [5.74, 6) is 1.21. The summed E-state index contributed by atoms with van der Waals surface area (Å²) in [5.41, 5.74) is -0.895. The molecule has 1 fully saturated rings. The minimum Gasteiger partial charge on any atom is -0.410 e. The highest BCUT2D eigenvalue weighted by Gasteiger charge is 2.44. The fourth-order valence-corrected chi connectivity index (χ4v) is 4.23. The standard InChI is InChI=1S/C16H31NO6S2/c1-24-9-7-5-3-2-4-6-8-12(17-22)25-16-15(21)14(20)13(19)11(10-18)23-16/h11,13-16,18-22H,2-10H2,1H3. The van der Waals surface area contributed by atoms with Crippen LogP contribution in [0.3, 0.4) is 0 Å². The van der Waals surface area contributed by atoms with Crippen LogP contribution in [0.25, 0.3) is 0 Å². The number of hydrogen-bond acceptors (Lipinski definition) is 9. The van der Waals surface area contributed by atoms with Crippen molar-refractivity contribution in [3.63, 3.8) is 0 Å². The molecule has 1 saturated heterocycles. The molecule has 1 aliphatic rings. The lowest BCUT2D eigenvalue weighted by molar-refractivity contribution is -0.205. The van der Waals surface area contributed by atoms with Crippen LogP contribution in [0, 0.1) is 0 Å². The second-order valence-electron chi connectivity index (χ2n) is 6.17. The molecule has 5 N–H and O–H groups in total. The van der Waals surface area contributed by atoms with Crippen LogP contribution in [0.15, 0.2) is 5.16 Å². The average molecular weight is 398 g/mol. The topological polar surface area (TPSA) is 123 Å². The number of rotatable bonds is 11. The number of thioether (sulfide) groups is 2. The van der Waals surface area contributed by atoms with Gasteiger partial charge in [-0.25, -0.2) is 0 Å². The Balaban J connectivity index is 2.30. The molecule has 0 spiro atoms. The molecule has 7 nitrogen and oxygen atoms in total. The number of nitrogens with zero attached hydrogens (tertiary/aromatic N) is 1. The van der Waals surface area contributed by atoms with Gasteiger partial charge in [-0.15, -0.1) is 0 Å². The predicted molar refractivity (Wildman–Crippen MR) is 101 cm³/mol. The third-order valence-electron chi connectivity index (χ3n) is 4.20. The summed E-state index contributed by atoms with van der Waals surface area (Å²) in [4.78, 5) is 0. The van der Waals surface area contributed by atoms with Crippen molar-refractivity contribution in [2.45, 2.75) is 74.8 Å². The zero-order valence-corrected chi connectivity index (χ0v) is 16.3. The molecule has 0 radical (unpaired) electrons. The molecule has 9 heteroatoms. The molecule has 0 amide bonds. The van der Waals surface area contributed by atoms with Crippen LogP contribution in [0.1, 0.15) is 44.9 Å². The van der Waals surface area contributed by atoms with Crippen molar-refractivity contribution in [3.05, 3.63) is 0 Å². The molecule has 1 rings (SSSR count). The zero-order chi connectivity index (χ0) is 18.7. The van der Waals surface area contributed by atoms with E-state index in [4.69, 9.17) is 9.94 Å². The van der Waals surface area contributed by atoms with Gasteiger partial charge in [0, 0.05) is 0 Å². The van der Waals surface area contributed by atoms with Crippen LogP contribution in [-0.4, -0.2) is 79.1 Å². The van der Waals surface area contributed by atoms with E-state index in [2.05, 4.69) is 11.4 Å². The number of oxime groups is 1. The van der Waals surface area contributed by atoms with Crippen molar-refractivity contribution in [2.24, 2.45) is 5.16 Å². The summed E-state index contributed by atoms with van der Waals surface area (Å²) in [6.45, 7) is -0.468. The SMILES string of the molecule is CSCCCCCCCCC(=NO)SC1OC(CO)C(O)C(O)C1O. The Morgan fingerprint density at radius 1 is 0.960 bits per heavy atom. The molecular weight excluding hydrogens is 366 g/mol. The maximum absolute atomic E-state index is 10.0. The van der Waals surface area contributed by atoms with Gasteiger partial charge in [0.05, 0.1) is 6.61 Å². The van der Waals surface area contributed by atoms with Crippen LogP contribution in [-0.2, 0) is 4.74 Å². The van der Waals surface area contributed by atoms with Gasteiger partial charge in [-0.2, -0.15) is 11.8 Å². The molecule has 0 aromatic carbocycles. The van der Waals surface area contributed by atoms with Gasteiger partial charge in [0.25, 0.3) is 0 Å². The van der Waals surface area contributed by atoms with Crippen molar-refractivity contribution >= 4 is 28.6 Å². The minimum atomic E-state index is -1.41. The molecule has 0 aromatic heterocycles. The molecular formula is C16H31NO6S2. The van der Waals surface area contributed by atoms with E-state index in [0.29, 0.717) is 11.5 Å². The number of aliphatic hydroxyl groups excluding tert-OH is 4. The van der Waals surface area contributed by atoms with E-state index in [-0.39, 0.29) is 0 Å². The van der Waals surface area contributed by atoms with E-state index in [1.54, 1.807) is 0 Å². The van der Waals surface area contributed by atoms with E-state index in [9.17, 15) is 20.4 Å². The molecule has 5 unspecified atom stereocenters. The van der Waals surface area contributed by atoms with Crippen LogP contribution < -0.4 is 0 Å². The molecule has 148 valence electrons. The average Bonchev–Trinajstić information content (AvgIpc) is 2.62. The van der Waals surface area contributed by atoms with Crippen molar-refractivity contribution < 1.29 is 30.4 Å². The van der Waals surface area contributed by atoms with Crippen LogP contribution in [0.5, 0.6) is 0 Å². The van der Waals surface area contributed by atoms with E-state index in [0.717, 1.165) is 31.0 Å². The van der Waals surface area contributed by atoms with Gasteiger partial charge in [0.2, 0.25) is 0 Å². The minimum absolute atomic E-state index is 0.409. The molecule has 0 bridgehead atoms. The van der Waals surface area contributed by atoms with Gasteiger partial charge in [-0.1, -0.05) is 42.6 Å². The molecule has 1 aliphatic heterocycles. The molecule has 1 heterocycles. The van der Waals surface area contributed by atoms with Gasteiger partial charge < -0.3 is 30.4 Å². The Hall–Kier alpha value is -0.0300. The summed E-state index contributed by atoms with van der Waals surface area (Å²) in [7, 11) is 0. The third-order valence-corrected chi connectivity index (χ3v) is 6.08. The normalized spacial score (nSPS) is 30.6. The highest BCUT2D eigenvalue weighted by Crippen LogP contribution is 2.30. The molecule has 5 atom stereocenters. The highest BCUT2D eigenvalue weighted by molar-refractivity contribution is 8.14. The first-order valence-corrected chi connectivity index (χ1v) is 11.0. The van der Waals surface area contributed by atoms with Gasteiger partial charge in [-0.3, -0.25) is 0 Å². The van der Waals surface area contributed by atoms with Crippen LogP contribution >= 0.6 is 23.5 Å². The summed E-state index contributed by atoms with van der Waals surface area (Å²) >= 11 is 2.88. The molecule has 0 aliphatic carbocycles. The Labute approximate surface area is 157 Å². The van der Waals surface area contributed by atoms with Crippen LogP contribution in [0.2, 0.25) is 0 Å². The fourth-order valence-electron chi connectivity index (χ4n) is 2.66. The second-order valence-corrected chi connectivity index (χ2v) is 8.33.